The molecule has 0 aromatic rings. The average molecular weight is 192 g/mol. The summed E-state index contributed by atoms with van der Waals surface area (Å²) in [6, 6.07) is 0. The van der Waals surface area contributed by atoms with Crippen LogP contribution in [0.2, 0.25) is 5.09 Å². The molecule has 0 radical (unpaired) electrons. The van der Waals surface area contributed by atoms with Gasteiger partial charge in [0.2, 0.25) is 0 Å². The molecule has 0 aliphatic heterocycles. The molecule has 0 heterocycles. The Kier molecular flexibility index (Phi) is 23.3. The van der Waals surface area contributed by atoms with Gasteiger partial charge in [-0.3, -0.25) is 0 Å². The summed E-state index contributed by atoms with van der Waals surface area (Å²) in [5.41, 5.74) is 0. The molecule has 0 aromatic heterocycles. The Bertz CT molecular complexity index is 53.6. The Labute approximate surface area is 101 Å². The third kappa shape index (κ3) is 22.9. The molecule has 0 saturated heterocycles. The molecule has 0 amide bonds. The van der Waals surface area contributed by atoms with Crippen molar-refractivity contribution in [3.63, 3.8) is 0 Å². The van der Waals surface area contributed by atoms with Gasteiger partial charge < -0.3 is 0 Å². The first kappa shape index (κ1) is 17.0. The summed E-state index contributed by atoms with van der Waals surface area (Å²) >= 11 is 2.25. The molecule has 0 unspecified atom stereocenters. The molecule has 1 heteroatoms. The predicted molar refractivity (Wildman–Crippen MR) is 69.1 cm³/mol. The molecule has 0 N–H and O–H groups in total. The van der Waals surface area contributed by atoms with Gasteiger partial charge >= 0.3 is 55.4 Å². The molecule has 0 aliphatic rings. The molecule has 0 aromatic carbocycles. The second-order valence-electron chi connectivity index (χ2n) is 4.12. The van der Waals surface area contributed by atoms with Crippen LogP contribution < -0.4 is 0 Å². The Hall–Kier alpha value is 0.597. The first-order valence-corrected chi connectivity index (χ1v) is 6.83. The van der Waals surface area contributed by atoms with E-state index in [2.05, 4.69) is 38.5 Å². The van der Waals surface area contributed by atoms with E-state index in [0.717, 1.165) is 0 Å². The zero-order chi connectivity index (χ0) is 11.1. The van der Waals surface area contributed by atoms with Crippen molar-refractivity contribution >= 4 is 17.7 Å². The maximum absolute atomic E-state index is 2.25. The van der Waals surface area contributed by atoms with Crippen molar-refractivity contribution in [3.8, 4) is 0 Å². The minimum atomic E-state index is 1.36. The van der Waals surface area contributed by atoms with Gasteiger partial charge in [-0.2, -0.15) is 0 Å². The van der Waals surface area contributed by atoms with Crippen LogP contribution >= 0.6 is 0 Å². The Morgan fingerprint density at radius 2 is 0.929 bits per heavy atom. The minimum absolute atomic E-state index is 1.36. The van der Waals surface area contributed by atoms with Gasteiger partial charge in [0.05, 0.1) is 0 Å². The van der Waals surface area contributed by atoms with Gasteiger partial charge in [0.25, 0.3) is 0 Å². The third-order valence-electron chi connectivity index (χ3n) is 2.41. The van der Waals surface area contributed by atoms with Crippen molar-refractivity contribution in [2.45, 2.75) is 83.7 Å². The summed E-state index contributed by atoms with van der Waals surface area (Å²) in [7, 11) is 0. The topological polar surface area (TPSA) is 0 Å². The third-order valence-corrected chi connectivity index (χ3v) is 2.41. The van der Waals surface area contributed by atoms with E-state index in [1.165, 1.54) is 62.9 Å². The zero-order valence-corrected chi connectivity index (χ0v) is 11.1. The number of hydrogen-bond acceptors (Lipinski definition) is 0. The van der Waals surface area contributed by atoms with Crippen LogP contribution in [0.1, 0.15) is 78.6 Å². The molecule has 0 fully saturated rings. The molecular formula is C13H29Li. The molecule has 82 valence electrons. The normalized spacial score (nSPS) is 9.50. The van der Waals surface area contributed by atoms with E-state index in [0.29, 0.717) is 0 Å². The number of rotatable bonds is 8. The van der Waals surface area contributed by atoms with Gasteiger partial charge in [-0.05, 0) is 0 Å². The standard InChI is InChI=1S/C7H16.C6H13.Li/c1-3-5-7-6-4-2;1-3-5-6-4-2;/h3-7H2,1-2H3;1,3-6H2,2H3;. The zero-order valence-electron chi connectivity index (χ0n) is 11.1. The van der Waals surface area contributed by atoms with E-state index < -0.39 is 0 Å². The Morgan fingerprint density at radius 3 is 1.21 bits per heavy atom. The first-order valence-electron chi connectivity index (χ1n) is 6.83. The Balaban J connectivity index is 0. The van der Waals surface area contributed by atoms with Crippen molar-refractivity contribution < 1.29 is 0 Å². The molecule has 0 spiro atoms. The van der Waals surface area contributed by atoms with Crippen LogP contribution in [-0.2, 0) is 0 Å². The SMILES string of the molecule is CCCCCCC.[Li][CH2]CCCCC. The molecule has 0 saturated carbocycles. The summed E-state index contributed by atoms with van der Waals surface area (Å²) in [6.07, 6.45) is 12.7. The van der Waals surface area contributed by atoms with E-state index in [4.69, 9.17) is 0 Å². The molecule has 14 heavy (non-hydrogen) atoms. The fourth-order valence-electron chi connectivity index (χ4n) is 1.35. The fraction of sp³-hybridized carbons (Fsp3) is 1.00. The molecule has 0 bridgehead atoms. The fourth-order valence-corrected chi connectivity index (χ4v) is 1.35. The molecule has 0 rings (SSSR count). The van der Waals surface area contributed by atoms with Crippen molar-refractivity contribution in [1.29, 1.82) is 0 Å². The molecule has 0 aliphatic carbocycles. The van der Waals surface area contributed by atoms with Crippen molar-refractivity contribution in [3.05, 3.63) is 0 Å². The van der Waals surface area contributed by atoms with E-state index >= 15 is 0 Å². The average Bonchev–Trinajstić information content (AvgIpc) is 2.21. The second-order valence-corrected chi connectivity index (χ2v) is 4.12. The Morgan fingerprint density at radius 1 is 0.571 bits per heavy atom. The summed E-state index contributed by atoms with van der Waals surface area (Å²) in [4.78, 5) is 0. The van der Waals surface area contributed by atoms with Crippen LogP contribution in [0.15, 0.2) is 0 Å². The van der Waals surface area contributed by atoms with Crippen LogP contribution in [0, 0.1) is 0 Å². The first-order chi connectivity index (χ1) is 6.83. The van der Waals surface area contributed by atoms with E-state index in [1.54, 1.807) is 0 Å². The van der Waals surface area contributed by atoms with Gasteiger partial charge in [0.1, 0.15) is 0 Å². The van der Waals surface area contributed by atoms with Crippen molar-refractivity contribution in [2.75, 3.05) is 0 Å². The van der Waals surface area contributed by atoms with Crippen LogP contribution in [0.5, 0.6) is 0 Å². The van der Waals surface area contributed by atoms with Crippen LogP contribution in [0.3, 0.4) is 0 Å². The monoisotopic (exact) mass is 192 g/mol. The van der Waals surface area contributed by atoms with E-state index in [1.807, 2.05) is 0 Å². The molecule has 0 atom stereocenters. The van der Waals surface area contributed by atoms with Gasteiger partial charge in [-0.15, -0.1) is 0 Å². The van der Waals surface area contributed by atoms with Crippen molar-refractivity contribution in [2.24, 2.45) is 0 Å². The summed E-state index contributed by atoms with van der Waals surface area (Å²) in [6.45, 7) is 6.74. The summed E-state index contributed by atoms with van der Waals surface area (Å²) in [5, 5.41) is 1.36. The maximum atomic E-state index is 2.25. The van der Waals surface area contributed by atoms with Crippen LogP contribution in [-0.4, -0.2) is 17.7 Å². The quantitative estimate of drug-likeness (QED) is 0.369. The predicted octanol–water partition coefficient (Wildman–Crippen LogP) is 5.13. The van der Waals surface area contributed by atoms with Crippen LogP contribution in [0.4, 0.5) is 0 Å². The second kappa shape index (κ2) is 19.2. The van der Waals surface area contributed by atoms with Gasteiger partial charge in [0, 0.05) is 0 Å². The van der Waals surface area contributed by atoms with E-state index in [9.17, 15) is 0 Å². The van der Waals surface area contributed by atoms with E-state index in [-0.39, 0.29) is 0 Å². The van der Waals surface area contributed by atoms with Gasteiger partial charge in [0.15, 0.2) is 0 Å². The number of unbranched alkanes of at least 4 members (excludes halogenated alkanes) is 7. The summed E-state index contributed by atoms with van der Waals surface area (Å²) in [5.74, 6) is 0. The molecular weight excluding hydrogens is 163 g/mol. The number of hydrogen-bond donors (Lipinski definition) is 0. The summed E-state index contributed by atoms with van der Waals surface area (Å²) < 4.78 is 0. The van der Waals surface area contributed by atoms with Crippen LogP contribution in [0.25, 0.3) is 0 Å². The van der Waals surface area contributed by atoms with Gasteiger partial charge in [-0.25, -0.2) is 0 Å². The van der Waals surface area contributed by atoms with Gasteiger partial charge in [-0.1, -0.05) is 46.0 Å². The molecule has 0 nitrogen and oxygen atoms in total. The van der Waals surface area contributed by atoms with Crippen molar-refractivity contribution in [1.82, 2.24) is 0 Å².